The number of carbonyl (C=O) groups excluding carboxylic acids is 2. The summed E-state index contributed by atoms with van der Waals surface area (Å²) in [5.41, 5.74) is 5.91. The van der Waals surface area contributed by atoms with Crippen LogP contribution in [0.1, 0.15) is 29.7 Å². The number of allylic oxidation sites excluding steroid dienone is 1. The molecule has 2 heterocycles. The highest BCUT2D eigenvalue weighted by Gasteiger charge is 2.35. The highest BCUT2D eigenvalue weighted by molar-refractivity contribution is 5.95. The van der Waals surface area contributed by atoms with E-state index in [1.807, 2.05) is 98.0 Å². The first-order chi connectivity index (χ1) is 17.5. The first kappa shape index (κ1) is 23.1. The Bertz CT molecular complexity index is 1420. The number of para-hydroxylation sites is 1. The number of aromatic nitrogens is 2. The molecular weight excluding hydrogens is 452 g/mol. The van der Waals surface area contributed by atoms with E-state index in [4.69, 9.17) is 9.84 Å². The number of esters is 1. The van der Waals surface area contributed by atoms with Gasteiger partial charge in [-0.15, -0.1) is 0 Å². The monoisotopic (exact) mass is 478 g/mol. The van der Waals surface area contributed by atoms with Crippen LogP contribution in [0.2, 0.25) is 0 Å². The van der Waals surface area contributed by atoms with Crippen molar-refractivity contribution >= 4 is 12.0 Å². The smallest absolute Gasteiger partial charge is 0.338 e. The predicted octanol–water partition coefficient (Wildman–Crippen LogP) is 5.22. The van der Waals surface area contributed by atoms with Crippen LogP contribution in [0.5, 0.6) is 0 Å². The van der Waals surface area contributed by atoms with Crippen LogP contribution in [0.25, 0.3) is 16.9 Å². The summed E-state index contributed by atoms with van der Waals surface area (Å²) in [5, 5.41) is 10.5. The van der Waals surface area contributed by atoms with Crippen molar-refractivity contribution in [1.29, 1.82) is 0 Å². The lowest BCUT2D eigenvalue weighted by Crippen LogP contribution is -2.45. The van der Waals surface area contributed by atoms with Gasteiger partial charge in [-0.3, -0.25) is 0 Å². The Kier molecular flexibility index (Phi) is 6.36. The minimum Gasteiger partial charge on any atom is -0.457 e. The van der Waals surface area contributed by atoms with Gasteiger partial charge in [0.25, 0.3) is 0 Å². The van der Waals surface area contributed by atoms with Gasteiger partial charge in [0.1, 0.15) is 6.61 Å². The van der Waals surface area contributed by atoms with Crippen molar-refractivity contribution in [2.75, 3.05) is 0 Å². The summed E-state index contributed by atoms with van der Waals surface area (Å²) in [6.07, 6.45) is 1.86. The summed E-state index contributed by atoms with van der Waals surface area (Å²) in [7, 11) is 0. The second kappa shape index (κ2) is 9.92. The zero-order valence-electron chi connectivity index (χ0n) is 20.1. The molecule has 0 unspecified atom stereocenters. The molecule has 3 aromatic carbocycles. The zero-order chi connectivity index (χ0) is 25.1. The molecule has 0 bridgehead atoms. The number of hydrogen-bond acceptors (Lipinski definition) is 4. The molecule has 7 nitrogen and oxygen atoms in total. The standard InChI is InChI=1S/C29H26N4O3/c1-19-13-15-22(16-14-19)26-24(17-33(32-26)23-11-7-4-8-12-23)27-25(20(2)30-29(35)31-27)28(34)36-18-21-9-5-3-6-10-21/h3-17,27H,18H2,1-2H3,(H2,30,31,35)/t27-/m1/s1. The van der Waals surface area contributed by atoms with Gasteiger partial charge in [-0.1, -0.05) is 78.4 Å². The van der Waals surface area contributed by atoms with Crippen LogP contribution in [-0.4, -0.2) is 21.8 Å². The van der Waals surface area contributed by atoms with Gasteiger partial charge in [-0.2, -0.15) is 5.10 Å². The summed E-state index contributed by atoms with van der Waals surface area (Å²) in [4.78, 5) is 25.9. The molecule has 0 aliphatic carbocycles. The Hall–Kier alpha value is -4.65. The average molecular weight is 479 g/mol. The fraction of sp³-hybridized carbons (Fsp3) is 0.138. The summed E-state index contributed by atoms with van der Waals surface area (Å²) in [6, 6.07) is 26.1. The lowest BCUT2D eigenvalue weighted by atomic mass is 9.93. The zero-order valence-corrected chi connectivity index (χ0v) is 20.1. The molecule has 0 saturated carbocycles. The number of amides is 2. The molecule has 180 valence electrons. The van der Waals surface area contributed by atoms with Gasteiger partial charge < -0.3 is 15.4 Å². The van der Waals surface area contributed by atoms with Gasteiger partial charge in [-0.05, 0) is 31.5 Å². The number of urea groups is 1. The minimum atomic E-state index is -0.740. The Morgan fingerprint density at radius 3 is 2.31 bits per heavy atom. The topological polar surface area (TPSA) is 85.2 Å². The van der Waals surface area contributed by atoms with Crippen LogP contribution in [0.15, 0.2) is 102 Å². The van der Waals surface area contributed by atoms with E-state index in [1.54, 1.807) is 11.6 Å². The van der Waals surface area contributed by atoms with E-state index in [-0.39, 0.29) is 12.6 Å². The van der Waals surface area contributed by atoms with Gasteiger partial charge in [0, 0.05) is 23.0 Å². The molecule has 0 radical (unpaired) electrons. The summed E-state index contributed by atoms with van der Waals surface area (Å²) in [5.74, 6) is -0.504. The maximum absolute atomic E-state index is 13.3. The summed E-state index contributed by atoms with van der Waals surface area (Å²) < 4.78 is 7.43. The van der Waals surface area contributed by atoms with Crippen LogP contribution in [-0.2, 0) is 16.1 Å². The Balaban J connectivity index is 1.57. The van der Waals surface area contributed by atoms with E-state index in [2.05, 4.69) is 10.6 Å². The van der Waals surface area contributed by atoms with E-state index in [0.717, 1.165) is 22.4 Å². The number of hydrogen-bond donors (Lipinski definition) is 2. The van der Waals surface area contributed by atoms with Crippen LogP contribution in [0.4, 0.5) is 4.79 Å². The largest absolute Gasteiger partial charge is 0.457 e. The summed E-state index contributed by atoms with van der Waals surface area (Å²) in [6.45, 7) is 3.86. The molecular formula is C29H26N4O3. The Morgan fingerprint density at radius 1 is 0.944 bits per heavy atom. The van der Waals surface area contributed by atoms with E-state index < -0.39 is 12.0 Å². The van der Waals surface area contributed by atoms with Gasteiger partial charge in [-0.25, -0.2) is 14.3 Å². The molecule has 1 aromatic heterocycles. The van der Waals surface area contributed by atoms with Gasteiger partial charge in [0.05, 0.1) is 23.0 Å². The highest BCUT2D eigenvalue weighted by atomic mass is 16.5. The first-order valence-electron chi connectivity index (χ1n) is 11.7. The third-order valence-corrected chi connectivity index (χ3v) is 6.10. The van der Waals surface area contributed by atoms with Gasteiger partial charge >= 0.3 is 12.0 Å². The third kappa shape index (κ3) is 4.77. The normalized spacial score (nSPS) is 15.3. The maximum atomic E-state index is 13.3. The molecule has 36 heavy (non-hydrogen) atoms. The SMILES string of the molecule is CC1=C(C(=O)OCc2ccccc2)[C@@H](c2cn(-c3ccccc3)nc2-c2ccc(C)cc2)NC(=O)N1. The highest BCUT2D eigenvalue weighted by Crippen LogP contribution is 2.35. The number of nitrogens with one attached hydrogen (secondary N) is 2. The second-order valence-electron chi connectivity index (χ2n) is 8.71. The lowest BCUT2D eigenvalue weighted by Gasteiger charge is -2.28. The minimum absolute atomic E-state index is 0.130. The third-order valence-electron chi connectivity index (χ3n) is 6.10. The molecule has 1 aliphatic rings. The Labute approximate surface area is 209 Å². The number of aryl methyl sites for hydroxylation is 1. The van der Waals surface area contributed by atoms with Crippen molar-refractivity contribution in [2.45, 2.75) is 26.5 Å². The van der Waals surface area contributed by atoms with Gasteiger partial charge in [0.2, 0.25) is 0 Å². The number of benzene rings is 3. The van der Waals surface area contributed by atoms with E-state index >= 15 is 0 Å². The van der Waals surface area contributed by atoms with E-state index in [9.17, 15) is 9.59 Å². The number of rotatable bonds is 6. The lowest BCUT2D eigenvalue weighted by molar-refractivity contribution is -0.140. The quantitative estimate of drug-likeness (QED) is 0.372. The number of ether oxygens (including phenoxy) is 1. The second-order valence-corrected chi connectivity index (χ2v) is 8.71. The molecule has 2 N–H and O–H groups in total. The van der Waals surface area contributed by atoms with Crippen molar-refractivity contribution in [1.82, 2.24) is 20.4 Å². The molecule has 0 fully saturated rings. The van der Waals surface area contributed by atoms with Crippen LogP contribution < -0.4 is 10.6 Å². The average Bonchev–Trinajstić information content (AvgIpc) is 3.34. The van der Waals surface area contributed by atoms with Crippen LogP contribution in [0.3, 0.4) is 0 Å². The molecule has 0 saturated heterocycles. The van der Waals surface area contributed by atoms with Gasteiger partial charge in [0.15, 0.2) is 0 Å². The molecule has 1 atom stereocenters. The van der Waals surface area contributed by atoms with Crippen molar-refractivity contribution in [3.05, 3.63) is 119 Å². The molecule has 2 amide bonds. The fourth-order valence-electron chi connectivity index (χ4n) is 4.25. The molecule has 7 heteroatoms. The Morgan fingerprint density at radius 2 is 1.61 bits per heavy atom. The van der Waals surface area contributed by atoms with Crippen LogP contribution >= 0.6 is 0 Å². The van der Waals surface area contributed by atoms with Crippen molar-refractivity contribution < 1.29 is 14.3 Å². The van der Waals surface area contributed by atoms with Crippen molar-refractivity contribution in [2.24, 2.45) is 0 Å². The maximum Gasteiger partial charge on any atom is 0.338 e. The van der Waals surface area contributed by atoms with E-state index in [0.29, 0.717) is 22.5 Å². The van der Waals surface area contributed by atoms with Crippen molar-refractivity contribution in [3.8, 4) is 16.9 Å². The number of carbonyl (C=O) groups is 2. The summed E-state index contributed by atoms with van der Waals surface area (Å²) >= 11 is 0. The van der Waals surface area contributed by atoms with E-state index in [1.165, 1.54) is 0 Å². The molecule has 1 aliphatic heterocycles. The molecule has 4 aromatic rings. The fourth-order valence-corrected chi connectivity index (χ4v) is 4.25. The first-order valence-corrected chi connectivity index (χ1v) is 11.7. The number of nitrogens with zero attached hydrogens (tertiary/aromatic N) is 2. The van der Waals surface area contributed by atoms with Crippen LogP contribution in [0, 0.1) is 6.92 Å². The van der Waals surface area contributed by atoms with Crippen molar-refractivity contribution in [3.63, 3.8) is 0 Å². The predicted molar refractivity (Wildman–Crippen MR) is 137 cm³/mol. The molecule has 5 rings (SSSR count). The molecule has 0 spiro atoms.